The summed E-state index contributed by atoms with van der Waals surface area (Å²) in [5.41, 5.74) is 0. The van der Waals surface area contributed by atoms with E-state index in [4.69, 9.17) is 4.98 Å². The Morgan fingerprint density at radius 2 is 0.905 bits per heavy atom. The van der Waals surface area contributed by atoms with Gasteiger partial charge in [-0.3, -0.25) is 4.79 Å². The predicted octanol–water partition coefficient (Wildman–Crippen LogP) is 12.7. The van der Waals surface area contributed by atoms with Crippen LogP contribution in [-0.2, 0) is 17.8 Å². The number of carbonyl (C=O) groups is 1. The first-order valence-electron chi connectivity index (χ1n) is 19.1. The van der Waals surface area contributed by atoms with Gasteiger partial charge in [-0.15, -0.1) is 0 Å². The Morgan fingerprint density at radius 1 is 0.548 bits per heavy atom. The van der Waals surface area contributed by atoms with Crippen LogP contribution >= 0.6 is 0 Å². The molecule has 1 aromatic heterocycles. The molecule has 246 valence electrons. The average Bonchev–Trinajstić information content (AvgIpc) is 3.37. The second kappa shape index (κ2) is 29.7. The Morgan fingerprint density at radius 3 is 1.29 bits per heavy atom. The minimum atomic E-state index is 0.0835. The fraction of sp³-hybridized carbons (Fsp3) is 0.895. The van der Waals surface area contributed by atoms with Crippen LogP contribution in [0.2, 0.25) is 0 Å². The smallest absolute Gasteiger partial charge is 0.225 e. The third-order valence-corrected chi connectivity index (χ3v) is 9.02. The molecule has 0 fully saturated rings. The van der Waals surface area contributed by atoms with Crippen LogP contribution < -0.4 is 5.32 Å². The van der Waals surface area contributed by atoms with Gasteiger partial charge in [-0.1, -0.05) is 188 Å². The lowest BCUT2D eigenvalue weighted by Crippen LogP contribution is -2.15. The zero-order valence-electron chi connectivity index (χ0n) is 28.8. The monoisotopic (exact) mass is 588 g/mol. The summed E-state index contributed by atoms with van der Waals surface area (Å²) in [6, 6.07) is 0. The molecule has 0 saturated heterocycles. The molecule has 0 saturated carbocycles. The van der Waals surface area contributed by atoms with E-state index in [1.54, 1.807) is 0 Å². The summed E-state index contributed by atoms with van der Waals surface area (Å²) in [4.78, 5) is 16.8. The van der Waals surface area contributed by atoms with Crippen LogP contribution in [0.15, 0.2) is 6.20 Å². The molecule has 0 radical (unpaired) electrons. The van der Waals surface area contributed by atoms with Crippen LogP contribution in [0.5, 0.6) is 0 Å². The summed E-state index contributed by atoms with van der Waals surface area (Å²) in [5, 5.41) is 3.09. The molecule has 0 unspecified atom stereocenters. The van der Waals surface area contributed by atoms with Crippen LogP contribution in [0.3, 0.4) is 0 Å². The molecule has 0 aliphatic rings. The molecule has 4 nitrogen and oxygen atoms in total. The van der Waals surface area contributed by atoms with Crippen LogP contribution in [0, 0.1) is 0 Å². The maximum atomic E-state index is 12.1. The lowest BCUT2D eigenvalue weighted by Gasteiger charge is -2.13. The second-order valence-corrected chi connectivity index (χ2v) is 13.1. The minimum Gasteiger partial charge on any atom is -0.315 e. The fourth-order valence-electron chi connectivity index (χ4n) is 6.14. The maximum Gasteiger partial charge on any atom is 0.225 e. The number of hydrogen-bond acceptors (Lipinski definition) is 2. The topological polar surface area (TPSA) is 46.9 Å². The van der Waals surface area contributed by atoms with Gasteiger partial charge in [-0.25, -0.2) is 4.98 Å². The summed E-state index contributed by atoms with van der Waals surface area (Å²) in [7, 11) is 0. The van der Waals surface area contributed by atoms with Crippen molar-refractivity contribution < 1.29 is 4.79 Å². The van der Waals surface area contributed by atoms with E-state index in [1.807, 2.05) is 13.1 Å². The first-order valence-corrected chi connectivity index (χ1v) is 19.1. The lowest BCUT2D eigenvalue weighted by atomic mass is 10.0. The molecule has 1 amide bonds. The summed E-state index contributed by atoms with van der Waals surface area (Å²) in [6.45, 7) is 7.48. The number of aryl methyl sites for hydroxylation is 1. The highest BCUT2D eigenvalue weighted by Crippen LogP contribution is 2.19. The van der Waals surface area contributed by atoms with Crippen molar-refractivity contribution in [3.63, 3.8) is 0 Å². The van der Waals surface area contributed by atoms with Gasteiger partial charge in [0.15, 0.2) is 0 Å². The van der Waals surface area contributed by atoms with E-state index >= 15 is 0 Å². The molecular weight excluding hydrogens is 514 g/mol. The van der Waals surface area contributed by atoms with Gasteiger partial charge in [0, 0.05) is 19.4 Å². The Hall–Kier alpha value is -1.32. The second-order valence-electron chi connectivity index (χ2n) is 13.1. The fourth-order valence-corrected chi connectivity index (χ4v) is 6.14. The van der Waals surface area contributed by atoms with E-state index in [2.05, 4.69) is 23.7 Å². The molecule has 1 aromatic rings. The number of aromatic nitrogens is 2. The van der Waals surface area contributed by atoms with E-state index in [1.165, 1.54) is 180 Å². The molecule has 0 atom stereocenters. The van der Waals surface area contributed by atoms with Crippen molar-refractivity contribution in [2.45, 2.75) is 220 Å². The van der Waals surface area contributed by atoms with Gasteiger partial charge in [-0.2, -0.15) is 0 Å². The van der Waals surface area contributed by atoms with Gasteiger partial charge in [0.05, 0.1) is 6.20 Å². The molecule has 1 heterocycles. The normalized spacial score (nSPS) is 11.4. The van der Waals surface area contributed by atoms with Gasteiger partial charge in [0.25, 0.3) is 0 Å². The highest BCUT2D eigenvalue weighted by molar-refractivity contribution is 5.89. The van der Waals surface area contributed by atoms with Crippen molar-refractivity contribution in [3.8, 4) is 0 Å². The van der Waals surface area contributed by atoms with Crippen LogP contribution in [0.4, 0.5) is 5.82 Å². The SMILES string of the molecule is CCCCCCCCCCCCCCCCc1ncc(NC(=O)CC)n1CCCCCCCCCCCCCCCC. The molecule has 1 N–H and O–H groups in total. The van der Waals surface area contributed by atoms with Crippen molar-refractivity contribution in [1.29, 1.82) is 0 Å². The zero-order chi connectivity index (χ0) is 30.4. The molecule has 4 heteroatoms. The first kappa shape index (κ1) is 38.7. The van der Waals surface area contributed by atoms with Gasteiger partial charge >= 0.3 is 0 Å². The van der Waals surface area contributed by atoms with Crippen LogP contribution in [-0.4, -0.2) is 15.5 Å². The number of hydrogen-bond donors (Lipinski definition) is 1. The van der Waals surface area contributed by atoms with E-state index in [0.29, 0.717) is 6.42 Å². The van der Waals surface area contributed by atoms with E-state index in [0.717, 1.165) is 24.6 Å². The van der Waals surface area contributed by atoms with Gasteiger partial charge in [-0.05, 0) is 12.8 Å². The van der Waals surface area contributed by atoms with Gasteiger partial charge < -0.3 is 9.88 Å². The van der Waals surface area contributed by atoms with E-state index in [9.17, 15) is 4.79 Å². The third-order valence-electron chi connectivity index (χ3n) is 9.02. The molecular formula is C38H73N3O. The number of nitrogens with one attached hydrogen (secondary N) is 1. The summed E-state index contributed by atoms with van der Waals surface area (Å²) >= 11 is 0. The van der Waals surface area contributed by atoms with Gasteiger partial charge in [0.2, 0.25) is 5.91 Å². The van der Waals surface area contributed by atoms with Crippen molar-refractivity contribution >= 4 is 11.7 Å². The average molecular weight is 588 g/mol. The molecule has 42 heavy (non-hydrogen) atoms. The summed E-state index contributed by atoms with van der Waals surface area (Å²) < 4.78 is 2.30. The molecule has 0 aliphatic carbocycles. The predicted molar refractivity (Wildman–Crippen MR) is 185 cm³/mol. The number of imidazole rings is 1. The number of unbranched alkanes of at least 4 members (excludes halogenated alkanes) is 26. The van der Waals surface area contributed by atoms with Gasteiger partial charge in [0.1, 0.15) is 11.6 Å². The Kier molecular flexibility index (Phi) is 27.4. The van der Waals surface area contributed by atoms with Crippen molar-refractivity contribution in [1.82, 2.24) is 9.55 Å². The van der Waals surface area contributed by atoms with Crippen molar-refractivity contribution in [3.05, 3.63) is 12.0 Å². The Balaban J connectivity index is 2.15. The highest BCUT2D eigenvalue weighted by atomic mass is 16.1. The summed E-state index contributed by atoms with van der Waals surface area (Å²) in [5.74, 6) is 2.15. The third kappa shape index (κ3) is 22.3. The van der Waals surface area contributed by atoms with Crippen molar-refractivity contribution in [2.24, 2.45) is 0 Å². The maximum absolute atomic E-state index is 12.1. The van der Waals surface area contributed by atoms with Crippen LogP contribution in [0.1, 0.15) is 213 Å². The standard InChI is InChI=1S/C38H73N3O/c1-4-7-9-11-13-15-17-19-21-23-25-27-29-31-33-36-39-35-37(40-38(42)6-3)41(36)34-32-30-28-26-24-22-20-18-16-14-12-10-8-5-2/h35H,4-34H2,1-3H3,(H,40,42). The molecule has 1 rings (SSSR count). The quantitative estimate of drug-likeness (QED) is 0.0852. The van der Waals surface area contributed by atoms with E-state index < -0.39 is 0 Å². The van der Waals surface area contributed by atoms with E-state index in [-0.39, 0.29) is 5.91 Å². The molecule has 0 spiro atoms. The summed E-state index contributed by atoms with van der Waals surface area (Å²) in [6.07, 6.45) is 42.2. The molecule has 0 aromatic carbocycles. The minimum absolute atomic E-state index is 0.0835. The lowest BCUT2D eigenvalue weighted by molar-refractivity contribution is -0.115. The Bertz CT molecular complexity index is 713. The highest BCUT2D eigenvalue weighted by Gasteiger charge is 2.11. The molecule has 0 aliphatic heterocycles. The number of anilines is 1. The zero-order valence-corrected chi connectivity index (χ0v) is 28.8. The largest absolute Gasteiger partial charge is 0.315 e. The number of carbonyl (C=O) groups excluding carboxylic acids is 1. The Labute approximate surface area is 263 Å². The number of rotatable bonds is 32. The van der Waals surface area contributed by atoms with Crippen LogP contribution in [0.25, 0.3) is 0 Å². The molecule has 0 bridgehead atoms. The van der Waals surface area contributed by atoms with Crippen molar-refractivity contribution in [2.75, 3.05) is 5.32 Å². The number of nitrogens with zero attached hydrogens (tertiary/aromatic N) is 2. The first-order chi connectivity index (χ1) is 20.7. The number of amides is 1.